The molecule has 1 saturated heterocycles. The lowest BCUT2D eigenvalue weighted by Gasteiger charge is -2.13. The van der Waals surface area contributed by atoms with Crippen LogP contribution >= 0.6 is 28.3 Å². The number of rotatable bonds is 1. The number of nitrogens with two attached hydrogens (primary N) is 1. The van der Waals surface area contributed by atoms with Gasteiger partial charge < -0.3 is 15.1 Å². The highest BCUT2D eigenvalue weighted by atomic mass is 79.9. The molecule has 2 rings (SSSR count). The molecule has 4 nitrogen and oxygen atoms in total. The van der Waals surface area contributed by atoms with Gasteiger partial charge in [-0.2, -0.15) is 0 Å². The van der Waals surface area contributed by atoms with Gasteiger partial charge in [-0.15, -0.1) is 12.4 Å². The van der Waals surface area contributed by atoms with Crippen molar-refractivity contribution in [3.63, 3.8) is 0 Å². The van der Waals surface area contributed by atoms with E-state index in [0.717, 1.165) is 13.0 Å². The van der Waals surface area contributed by atoms with Crippen molar-refractivity contribution in [1.29, 1.82) is 0 Å². The van der Waals surface area contributed by atoms with Crippen molar-refractivity contribution in [2.75, 3.05) is 13.1 Å². The van der Waals surface area contributed by atoms with Gasteiger partial charge in [0.05, 0.1) is 5.56 Å². The Hall–Kier alpha value is -0.520. The van der Waals surface area contributed by atoms with Crippen LogP contribution in [0.1, 0.15) is 16.8 Å². The SMILES string of the molecule is Cl.N[C@H]1CCN(C(=O)c2coc(Br)c2)C1. The zero-order valence-corrected chi connectivity index (χ0v) is 10.4. The third kappa shape index (κ3) is 2.74. The molecule has 15 heavy (non-hydrogen) atoms. The summed E-state index contributed by atoms with van der Waals surface area (Å²) in [5.41, 5.74) is 6.29. The van der Waals surface area contributed by atoms with E-state index in [1.165, 1.54) is 6.26 Å². The van der Waals surface area contributed by atoms with Gasteiger partial charge in [-0.3, -0.25) is 4.79 Å². The lowest BCUT2D eigenvalue weighted by Crippen LogP contribution is -2.31. The smallest absolute Gasteiger partial charge is 0.257 e. The van der Waals surface area contributed by atoms with E-state index in [0.29, 0.717) is 16.8 Å². The second kappa shape index (κ2) is 5.01. The van der Waals surface area contributed by atoms with Crippen molar-refractivity contribution in [2.24, 2.45) is 5.73 Å². The molecule has 0 spiro atoms. The average Bonchev–Trinajstić information content (AvgIpc) is 2.73. The zero-order valence-electron chi connectivity index (χ0n) is 7.98. The van der Waals surface area contributed by atoms with E-state index in [1.807, 2.05) is 0 Å². The molecule has 1 atom stereocenters. The summed E-state index contributed by atoms with van der Waals surface area (Å²) in [6.07, 6.45) is 2.33. The van der Waals surface area contributed by atoms with Gasteiger partial charge in [0, 0.05) is 25.2 Å². The minimum absolute atomic E-state index is 0. The average molecular weight is 296 g/mol. The van der Waals surface area contributed by atoms with E-state index >= 15 is 0 Å². The van der Waals surface area contributed by atoms with Crippen LogP contribution in [0, 0.1) is 0 Å². The Morgan fingerprint density at radius 2 is 2.40 bits per heavy atom. The number of hydrogen-bond donors (Lipinski definition) is 1. The number of carbonyl (C=O) groups is 1. The van der Waals surface area contributed by atoms with Crippen LogP contribution in [0.2, 0.25) is 0 Å². The summed E-state index contributed by atoms with van der Waals surface area (Å²) in [4.78, 5) is 13.5. The van der Waals surface area contributed by atoms with E-state index in [1.54, 1.807) is 11.0 Å². The fraction of sp³-hybridized carbons (Fsp3) is 0.444. The fourth-order valence-electron chi connectivity index (χ4n) is 1.58. The number of amides is 1. The molecule has 6 heteroatoms. The van der Waals surface area contributed by atoms with Crippen LogP contribution in [-0.4, -0.2) is 29.9 Å². The van der Waals surface area contributed by atoms with E-state index in [-0.39, 0.29) is 24.4 Å². The largest absolute Gasteiger partial charge is 0.457 e. The van der Waals surface area contributed by atoms with E-state index < -0.39 is 0 Å². The Kier molecular flexibility index (Phi) is 4.19. The molecular weight excluding hydrogens is 283 g/mol. The second-order valence-corrected chi connectivity index (χ2v) is 4.22. The summed E-state index contributed by atoms with van der Waals surface area (Å²) >= 11 is 3.16. The van der Waals surface area contributed by atoms with Crippen molar-refractivity contribution in [3.8, 4) is 0 Å². The van der Waals surface area contributed by atoms with Crippen molar-refractivity contribution < 1.29 is 9.21 Å². The molecule has 1 fully saturated rings. The molecule has 0 aromatic carbocycles. The first-order chi connectivity index (χ1) is 6.66. The van der Waals surface area contributed by atoms with Crippen molar-refractivity contribution in [3.05, 3.63) is 22.6 Å². The van der Waals surface area contributed by atoms with Gasteiger partial charge in [-0.05, 0) is 22.4 Å². The number of likely N-dealkylation sites (tertiary alicyclic amines) is 1. The zero-order chi connectivity index (χ0) is 10.1. The van der Waals surface area contributed by atoms with Crippen molar-refractivity contribution in [1.82, 2.24) is 4.90 Å². The molecule has 0 bridgehead atoms. The number of nitrogens with zero attached hydrogens (tertiary/aromatic N) is 1. The number of halogens is 2. The number of carbonyl (C=O) groups excluding carboxylic acids is 1. The maximum Gasteiger partial charge on any atom is 0.257 e. The molecule has 1 aliphatic rings. The summed E-state index contributed by atoms with van der Waals surface area (Å²) in [6.45, 7) is 1.38. The lowest BCUT2D eigenvalue weighted by molar-refractivity contribution is 0.0790. The first-order valence-electron chi connectivity index (χ1n) is 4.45. The maximum atomic E-state index is 11.8. The molecule has 0 unspecified atom stereocenters. The number of hydrogen-bond acceptors (Lipinski definition) is 3. The highest BCUT2D eigenvalue weighted by molar-refractivity contribution is 9.10. The second-order valence-electron chi connectivity index (χ2n) is 3.44. The summed E-state index contributed by atoms with van der Waals surface area (Å²) in [6, 6.07) is 1.79. The Bertz CT molecular complexity index is 356. The Morgan fingerprint density at radius 3 is 2.87 bits per heavy atom. The molecule has 1 aromatic rings. The van der Waals surface area contributed by atoms with Gasteiger partial charge >= 0.3 is 0 Å². The summed E-state index contributed by atoms with van der Waals surface area (Å²) in [5.74, 6) is -0.00704. The van der Waals surface area contributed by atoms with Crippen LogP contribution in [0.4, 0.5) is 0 Å². The highest BCUT2D eigenvalue weighted by Crippen LogP contribution is 2.17. The highest BCUT2D eigenvalue weighted by Gasteiger charge is 2.25. The fourth-order valence-corrected chi connectivity index (χ4v) is 1.92. The van der Waals surface area contributed by atoms with Crippen LogP contribution in [0.25, 0.3) is 0 Å². The molecule has 1 aromatic heterocycles. The van der Waals surface area contributed by atoms with Crippen LogP contribution in [0.3, 0.4) is 0 Å². The molecule has 0 aliphatic carbocycles. The van der Waals surface area contributed by atoms with Gasteiger partial charge in [-0.25, -0.2) is 0 Å². The van der Waals surface area contributed by atoms with Crippen LogP contribution in [0.5, 0.6) is 0 Å². The third-order valence-electron chi connectivity index (χ3n) is 2.33. The maximum absolute atomic E-state index is 11.8. The van der Waals surface area contributed by atoms with Crippen LogP contribution < -0.4 is 5.73 Å². The van der Waals surface area contributed by atoms with Gasteiger partial charge in [0.1, 0.15) is 6.26 Å². The van der Waals surface area contributed by atoms with E-state index in [2.05, 4.69) is 15.9 Å². The predicted octanol–water partition coefficient (Wildman–Crippen LogP) is 1.64. The molecule has 1 aliphatic heterocycles. The molecule has 1 amide bonds. The molecular formula is C9H12BrClN2O2. The first kappa shape index (κ1) is 12.5. The molecule has 2 N–H and O–H groups in total. The Balaban J connectivity index is 0.00000112. The third-order valence-corrected chi connectivity index (χ3v) is 2.74. The Labute approximate surface area is 102 Å². The monoisotopic (exact) mass is 294 g/mol. The van der Waals surface area contributed by atoms with E-state index in [9.17, 15) is 4.79 Å². The van der Waals surface area contributed by atoms with Gasteiger partial charge in [0.15, 0.2) is 4.67 Å². The van der Waals surface area contributed by atoms with Crippen LogP contribution in [0.15, 0.2) is 21.4 Å². The Morgan fingerprint density at radius 1 is 1.67 bits per heavy atom. The molecule has 2 heterocycles. The standard InChI is InChI=1S/C9H11BrN2O2.ClH/c10-8-3-6(5-14-8)9(13)12-2-1-7(11)4-12;/h3,5,7H,1-2,4,11H2;1H/t7-;/m0./s1. The topological polar surface area (TPSA) is 59.5 Å². The quantitative estimate of drug-likeness (QED) is 0.857. The molecule has 0 radical (unpaired) electrons. The molecule has 0 saturated carbocycles. The summed E-state index contributed by atoms with van der Waals surface area (Å²) in [7, 11) is 0. The number of furan rings is 1. The predicted molar refractivity (Wildman–Crippen MR) is 62.2 cm³/mol. The van der Waals surface area contributed by atoms with Gasteiger partial charge in [0.25, 0.3) is 5.91 Å². The minimum atomic E-state index is -0.00704. The van der Waals surface area contributed by atoms with Crippen LogP contribution in [-0.2, 0) is 0 Å². The summed E-state index contributed by atoms with van der Waals surface area (Å²) < 4.78 is 5.58. The van der Waals surface area contributed by atoms with Gasteiger partial charge in [0.2, 0.25) is 0 Å². The normalized spacial score (nSPS) is 20.1. The van der Waals surface area contributed by atoms with Crippen molar-refractivity contribution >= 4 is 34.2 Å². The van der Waals surface area contributed by atoms with E-state index in [4.69, 9.17) is 10.2 Å². The van der Waals surface area contributed by atoms with Crippen molar-refractivity contribution in [2.45, 2.75) is 12.5 Å². The first-order valence-corrected chi connectivity index (χ1v) is 5.25. The minimum Gasteiger partial charge on any atom is -0.457 e. The molecule has 84 valence electrons. The lowest BCUT2D eigenvalue weighted by atomic mass is 10.3. The van der Waals surface area contributed by atoms with Gasteiger partial charge in [-0.1, -0.05) is 0 Å². The summed E-state index contributed by atoms with van der Waals surface area (Å²) in [5, 5.41) is 0.